The Bertz CT molecular complexity index is 1100. The van der Waals surface area contributed by atoms with Crippen LogP contribution in [-0.4, -0.2) is 50.9 Å². The minimum absolute atomic E-state index is 0.487. The monoisotopic (exact) mass is 473 g/mol. The number of nitrogens with one attached hydrogen (secondary N) is 1. The molecule has 1 aromatic heterocycles. The molecule has 1 saturated heterocycles. The van der Waals surface area contributed by atoms with E-state index in [0.717, 1.165) is 19.2 Å². The van der Waals surface area contributed by atoms with Crippen molar-refractivity contribution in [2.75, 3.05) is 31.5 Å². The SMILES string of the molecule is Cc1ccccc1Cn1ccc(NC(=S)N2CCN(Cc3cccc(C(F)(F)F)c3)CC2)n1. The van der Waals surface area contributed by atoms with Gasteiger partial charge in [0.2, 0.25) is 0 Å². The van der Waals surface area contributed by atoms with E-state index >= 15 is 0 Å². The maximum atomic E-state index is 12.9. The number of piperazine rings is 1. The Labute approximate surface area is 196 Å². The zero-order chi connectivity index (χ0) is 23.4. The fourth-order valence-corrected chi connectivity index (χ4v) is 4.17. The molecule has 2 aromatic carbocycles. The standard InChI is InChI=1S/C24H26F3N5S/c1-18-5-2-3-7-20(18)17-32-10-9-22(29-32)28-23(33)31-13-11-30(12-14-31)16-19-6-4-8-21(15-19)24(25,26)27/h2-10,15H,11-14,16-17H2,1H3,(H,28,29,33). The van der Waals surface area contributed by atoms with Gasteiger partial charge in [0.25, 0.3) is 0 Å². The number of anilines is 1. The zero-order valence-corrected chi connectivity index (χ0v) is 19.2. The highest BCUT2D eigenvalue weighted by Gasteiger charge is 2.30. The maximum Gasteiger partial charge on any atom is 0.416 e. The van der Waals surface area contributed by atoms with Crippen LogP contribution in [0.5, 0.6) is 0 Å². The van der Waals surface area contributed by atoms with Crippen molar-refractivity contribution in [1.29, 1.82) is 0 Å². The van der Waals surface area contributed by atoms with Crippen LogP contribution in [0, 0.1) is 6.92 Å². The van der Waals surface area contributed by atoms with E-state index < -0.39 is 11.7 Å². The fraction of sp³-hybridized carbons (Fsp3) is 0.333. The number of thiocarbonyl (C=S) groups is 1. The van der Waals surface area contributed by atoms with Crippen LogP contribution >= 0.6 is 12.2 Å². The number of rotatable bonds is 5. The van der Waals surface area contributed by atoms with E-state index in [1.54, 1.807) is 6.07 Å². The van der Waals surface area contributed by atoms with Crippen LogP contribution < -0.4 is 5.32 Å². The summed E-state index contributed by atoms with van der Waals surface area (Å²) in [4.78, 5) is 4.21. The average molecular weight is 474 g/mol. The van der Waals surface area contributed by atoms with Gasteiger partial charge < -0.3 is 10.2 Å². The summed E-state index contributed by atoms with van der Waals surface area (Å²) in [5.41, 5.74) is 2.50. The molecule has 5 nitrogen and oxygen atoms in total. The van der Waals surface area contributed by atoms with Gasteiger partial charge in [0.05, 0.1) is 12.1 Å². The Balaban J connectivity index is 1.27. The zero-order valence-electron chi connectivity index (χ0n) is 18.3. The molecular formula is C24H26F3N5S. The number of nitrogens with zero attached hydrogens (tertiary/aromatic N) is 4. The third kappa shape index (κ3) is 6.11. The summed E-state index contributed by atoms with van der Waals surface area (Å²) in [5.74, 6) is 0.694. The molecule has 0 spiro atoms. The Hall–Kier alpha value is -2.91. The number of hydrogen-bond donors (Lipinski definition) is 1. The third-order valence-electron chi connectivity index (χ3n) is 5.79. The summed E-state index contributed by atoms with van der Waals surface area (Å²) in [6, 6.07) is 15.6. The van der Waals surface area contributed by atoms with Gasteiger partial charge in [-0.25, -0.2) is 0 Å². The lowest BCUT2D eigenvalue weighted by Crippen LogP contribution is -2.49. The molecule has 0 unspecified atom stereocenters. The molecule has 1 fully saturated rings. The summed E-state index contributed by atoms with van der Waals surface area (Å²) in [7, 11) is 0. The Morgan fingerprint density at radius 3 is 2.48 bits per heavy atom. The fourth-order valence-electron chi connectivity index (χ4n) is 3.88. The minimum Gasteiger partial charge on any atom is -0.346 e. The lowest BCUT2D eigenvalue weighted by molar-refractivity contribution is -0.137. The summed E-state index contributed by atoms with van der Waals surface area (Å²) in [6.07, 6.45) is -2.40. The molecule has 0 radical (unpaired) electrons. The predicted molar refractivity (Wildman–Crippen MR) is 127 cm³/mol. The molecule has 3 aromatic rings. The van der Waals surface area contributed by atoms with Crippen LogP contribution in [-0.2, 0) is 19.3 Å². The van der Waals surface area contributed by atoms with Crippen molar-refractivity contribution in [3.63, 3.8) is 0 Å². The molecule has 9 heteroatoms. The highest BCUT2D eigenvalue weighted by Crippen LogP contribution is 2.29. The maximum absolute atomic E-state index is 12.9. The van der Waals surface area contributed by atoms with Crippen LogP contribution in [0.4, 0.5) is 19.0 Å². The highest BCUT2D eigenvalue weighted by molar-refractivity contribution is 7.80. The molecule has 1 N–H and O–H groups in total. The summed E-state index contributed by atoms with van der Waals surface area (Å²) in [5, 5.41) is 8.38. The van der Waals surface area contributed by atoms with E-state index in [0.29, 0.717) is 42.7 Å². The topological polar surface area (TPSA) is 36.3 Å². The second-order valence-electron chi connectivity index (χ2n) is 8.22. The Morgan fingerprint density at radius 2 is 1.76 bits per heavy atom. The van der Waals surface area contributed by atoms with E-state index in [1.807, 2.05) is 29.1 Å². The molecule has 0 saturated carbocycles. The van der Waals surface area contributed by atoms with Gasteiger partial charge in [-0.2, -0.15) is 18.3 Å². The van der Waals surface area contributed by atoms with Crippen molar-refractivity contribution in [1.82, 2.24) is 19.6 Å². The molecule has 0 bridgehead atoms. The van der Waals surface area contributed by atoms with Gasteiger partial charge in [0, 0.05) is 45.0 Å². The number of benzene rings is 2. The van der Waals surface area contributed by atoms with Gasteiger partial charge in [-0.3, -0.25) is 9.58 Å². The van der Waals surface area contributed by atoms with E-state index in [4.69, 9.17) is 12.2 Å². The molecular weight excluding hydrogens is 447 g/mol. The second kappa shape index (κ2) is 9.93. The average Bonchev–Trinajstić information content (AvgIpc) is 3.22. The van der Waals surface area contributed by atoms with Crippen LogP contribution in [0.25, 0.3) is 0 Å². The van der Waals surface area contributed by atoms with Crippen molar-refractivity contribution in [2.24, 2.45) is 0 Å². The Morgan fingerprint density at radius 1 is 1.00 bits per heavy atom. The Kier molecular flexibility index (Phi) is 6.99. The van der Waals surface area contributed by atoms with Crippen molar-refractivity contribution in [3.8, 4) is 0 Å². The first-order chi connectivity index (χ1) is 15.8. The summed E-state index contributed by atoms with van der Waals surface area (Å²) >= 11 is 5.56. The van der Waals surface area contributed by atoms with E-state index in [-0.39, 0.29) is 0 Å². The first-order valence-corrected chi connectivity index (χ1v) is 11.2. The van der Waals surface area contributed by atoms with E-state index in [2.05, 4.69) is 39.3 Å². The summed E-state index contributed by atoms with van der Waals surface area (Å²) < 4.78 is 40.7. The molecule has 33 heavy (non-hydrogen) atoms. The first-order valence-electron chi connectivity index (χ1n) is 10.8. The summed E-state index contributed by atoms with van der Waals surface area (Å²) in [6.45, 7) is 6.11. The lowest BCUT2D eigenvalue weighted by Gasteiger charge is -2.36. The first kappa shape index (κ1) is 23.3. The lowest BCUT2D eigenvalue weighted by atomic mass is 10.1. The molecule has 1 aliphatic heterocycles. The number of aryl methyl sites for hydroxylation is 1. The van der Waals surface area contributed by atoms with Gasteiger partial charge >= 0.3 is 6.18 Å². The molecule has 174 valence electrons. The van der Waals surface area contributed by atoms with Gasteiger partial charge in [-0.05, 0) is 41.9 Å². The van der Waals surface area contributed by atoms with Crippen molar-refractivity contribution >= 4 is 23.1 Å². The predicted octanol–water partition coefficient (Wildman–Crippen LogP) is 4.77. The number of aromatic nitrogens is 2. The quantitative estimate of drug-likeness (QED) is 0.540. The van der Waals surface area contributed by atoms with Gasteiger partial charge in [0.15, 0.2) is 10.9 Å². The van der Waals surface area contributed by atoms with Crippen LogP contribution in [0.2, 0.25) is 0 Å². The second-order valence-corrected chi connectivity index (χ2v) is 8.60. The molecule has 0 aliphatic carbocycles. The smallest absolute Gasteiger partial charge is 0.346 e. The molecule has 2 heterocycles. The van der Waals surface area contributed by atoms with E-state index in [9.17, 15) is 13.2 Å². The molecule has 0 atom stereocenters. The normalized spacial score (nSPS) is 15.0. The number of alkyl halides is 3. The molecule has 0 amide bonds. The molecule has 1 aliphatic rings. The van der Waals surface area contributed by atoms with Crippen LogP contribution in [0.3, 0.4) is 0 Å². The minimum atomic E-state index is -4.32. The molecule has 4 rings (SSSR count). The van der Waals surface area contributed by atoms with Gasteiger partial charge in [-0.1, -0.05) is 42.5 Å². The van der Waals surface area contributed by atoms with Crippen molar-refractivity contribution in [2.45, 2.75) is 26.2 Å². The van der Waals surface area contributed by atoms with Crippen LogP contribution in [0.1, 0.15) is 22.3 Å². The largest absolute Gasteiger partial charge is 0.416 e. The van der Waals surface area contributed by atoms with Gasteiger partial charge in [0.1, 0.15) is 0 Å². The van der Waals surface area contributed by atoms with E-state index in [1.165, 1.54) is 23.3 Å². The van der Waals surface area contributed by atoms with Crippen LogP contribution in [0.15, 0.2) is 60.8 Å². The van der Waals surface area contributed by atoms with Crippen molar-refractivity contribution < 1.29 is 13.2 Å². The number of halogens is 3. The highest BCUT2D eigenvalue weighted by atomic mass is 32.1. The van der Waals surface area contributed by atoms with Crippen molar-refractivity contribution in [3.05, 3.63) is 83.0 Å². The van der Waals surface area contributed by atoms with Gasteiger partial charge in [-0.15, -0.1) is 0 Å². The third-order valence-corrected chi connectivity index (χ3v) is 6.15. The number of hydrogen-bond acceptors (Lipinski definition) is 3.